The molecule has 262 valence electrons. The van der Waals surface area contributed by atoms with Gasteiger partial charge in [0.1, 0.15) is 0 Å². The van der Waals surface area contributed by atoms with Gasteiger partial charge < -0.3 is 4.57 Å². The molecule has 0 bridgehead atoms. The third-order valence-electron chi connectivity index (χ3n) is 10.6. The molecule has 0 spiro atoms. The van der Waals surface area contributed by atoms with Gasteiger partial charge in [0.2, 0.25) is 0 Å². The van der Waals surface area contributed by atoms with Gasteiger partial charge in [0, 0.05) is 53.3 Å². The monoisotopic (exact) mass is 732 g/mol. The molecule has 8 aromatic carbocycles. The van der Waals surface area contributed by atoms with Crippen LogP contribution in [-0.2, 0) is 0 Å². The second-order valence-electron chi connectivity index (χ2n) is 14.0. The number of hydrogen-bond donors (Lipinski definition) is 0. The molecule has 4 nitrogen and oxygen atoms in total. The molecule has 56 heavy (non-hydrogen) atoms. The van der Waals surface area contributed by atoms with E-state index in [-0.39, 0.29) is 0 Å². The number of para-hydroxylation sites is 1. The standard InChI is InChI=1S/C51H32N4S/c1-3-14-33(15-4-1)49-52-50(34-16-5-2-6-17-34)54-51(53-49)38-20-11-19-37(30-38)40-24-13-26-45-48(40)43-23-7-9-25-44(43)55(45)39-21-12-18-35(31-39)36-28-29-42-41-22-8-10-27-46(41)56-47(42)32-36/h1-32H. The number of thiophene rings is 1. The van der Waals surface area contributed by atoms with Crippen LogP contribution in [0.5, 0.6) is 0 Å². The molecule has 11 aromatic rings. The molecule has 0 aliphatic carbocycles. The topological polar surface area (TPSA) is 43.6 Å². The molecule has 0 aliphatic rings. The van der Waals surface area contributed by atoms with Crippen LogP contribution < -0.4 is 0 Å². The van der Waals surface area contributed by atoms with Crippen LogP contribution >= 0.6 is 11.3 Å². The lowest BCUT2D eigenvalue weighted by atomic mass is 9.97. The zero-order chi connectivity index (χ0) is 37.0. The third kappa shape index (κ3) is 5.48. The molecular weight excluding hydrogens is 701 g/mol. The minimum atomic E-state index is 0.639. The van der Waals surface area contributed by atoms with E-state index in [2.05, 4.69) is 138 Å². The van der Waals surface area contributed by atoms with Crippen molar-refractivity contribution < 1.29 is 0 Å². The van der Waals surface area contributed by atoms with Gasteiger partial charge in [0.25, 0.3) is 0 Å². The van der Waals surface area contributed by atoms with Gasteiger partial charge in [-0.1, -0.05) is 152 Å². The lowest BCUT2D eigenvalue weighted by Gasteiger charge is -2.12. The molecular formula is C51H32N4S. The molecule has 3 heterocycles. The Morgan fingerprint density at radius 2 is 0.893 bits per heavy atom. The highest BCUT2D eigenvalue weighted by molar-refractivity contribution is 7.25. The molecule has 11 rings (SSSR count). The molecule has 0 fully saturated rings. The largest absolute Gasteiger partial charge is 0.309 e. The summed E-state index contributed by atoms with van der Waals surface area (Å²) in [5.74, 6) is 1.94. The van der Waals surface area contributed by atoms with Crippen molar-refractivity contribution >= 4 is 53.3 Å². The first-order valence-corrected chi connectivity index (χ1v) is 19.6. The van der Waals surface area contributed by atoms with Gasteiger partial charge >= 0.3 is 0 Å². The molecule has 0 saturated heterocycles. The van der Waals surface area contributed by atoms with Crippen LogP contribution in [0.15, 0.2) is 194 Å². The summed E-state index contributed by atoms with van der Waals surface area (Å²) in [7, 11) is 0. The van der Waals surface area contributed by atoms with Gasteiger partial charge in [0.05, 0.1) is 11.0 Å². The summed E-state index contributed by atoms with van der Waals surface area (Å²) in [4.78, 5) is 15.0. The Morgan fingerprint density at radius 1 is 0.339 bits per heavy atom. The second kappa shape index (κ2) is 13.3. The summed E-state index contributed by atoms with van der Waals surface area (Å²) in [6.45, 7) is 0. The third-order valence-corrected chi connectivity index (χ3v) is 11.8. The van der Waals surface area contributed by atoms with E-state index >= 15 is 0 Å². The Kier molecular flexibility index (Phi) is 7.64. The van der Waals surface area contributed by atoms with Gasteiger partial charge in [0.15, 0.2) is 17.5 Å². The fraction of sp³-hybridized carbons (Fsp3) is 0. The molecule has 3 aromatic heterocycles. The smallest absolute Gasteiger partial charge is 0.164 e. The van der Waals surface area contributed by atoms with Crippen molar-refractivity contribution in [2.75, 3.05) is 0 Å². The van der Waals surface area contributed by atoms with Gasteiger partial charge in [-0.15, -0.1) is 11.3 Å². The van der Waals surface area contributed by atoms with Gasteiger partial charge in [-0.25, -0.2) is 15.0 Å². The lowest BCUT2D eigenvalue weighted by molar-refractivity contribution is 1.07. The number of nitrogens with zero attached hydrogens (tertiary/aromatic N) is 4. The van der Waals surface area contributed by atoms with Crippen LogP contribution in [-0.4, -0.2) is 19.5 Å². The molecule has 0 N–H and O–H groups in total. The quantitative estimate of drug-likeness (QED) is 0.171. The van der Waals surface area contributed by atoms with E-state index in [1.165, 1.54) is 47.6 Å². The van der Waals surface area contributed by atoms with Gasteiger partial charge in [-0.05, 0) is 64.7 Å². The van der Waals surface area contributed by atoms with E-state index in [0.717, 1.165) is 39.0 Å². The summed E-state index contributed by atoms with van der Waals surface area (Å²) in [6.07, 6.45) is 0. The maximum atomic E-state index is 5.03. The maximum Gasteiger partial charge on any atom is 0.164 e. The predicted octanol–water partition coefficient (Wildman–Crippen LogP) is 13.7. The fourth-order valence-corrected chi connectivity index (χ4v) is 9.18. The highest BCUT2D eigenvalue weighted by Crippen LogP contribution is 2.41. The first-order valence-electron chi connectivity index (χ1n) is 18.8. The number of hydrogen-bond acceptors (Lipinski definition) is 4. The molecule has 0 aliphatic heterocycles. The highest BCUT2D eigenvalue weighted by Gasteiger charge is 2.18. The van der Waals surface area contributed by atoms with Crippen molar-refractivity contribution in [3.8, 4) is 62.1 Å². The average Bonchev–Trinajstić information content (AvgIpc) is 3.82. The molecule has 0 radical (unpaired) electrons. The molecule has 0 saturated carbocycles. The van der Waals surface area contributed by atoms with Crippen molar-refractivity contribution in [2.45, 2.75) is 0 Å². The lowest BCUT2D eigenvalue weighted by Crippen LogP contribution is -2.00. The average molecular weight is 733 g/mol. The van der Waals surface area contributed by atoms with E-state index in [1.54, 1.807) is 0 Å². The Balaban J connectivity index is 1.04. The van der Waals surface area contributed by atoms with Crippen molar-refractivity contribution in [2.24, 2.45) is 0 Å². The van der Waals surface area contributed by atoms with Gasteiger partial charge in [-0.2, -0.15) is 0 Å². The van der Waals surface area contributed by atoms with Gasteiger partial charge in [-0.3, -0.25) is 0 Å². The Hall–Kier alpha value is -7.21. The van der Waals surface area contributed by atoms with Crippen LogP contribution in [0, 0.1) is 0 Å². The van der Waals surface area contributed by atoms with E-state index in [1.807, 2.05) is 72.0 Å². The number of fused-ring (bicyclic) bond motifs is 6. The minimum Gasteiger partial charge on any atom is -0.309 e. The van der Waals surface area contributed by atoms with E-state index < -0.39 is 0 Å². The van der Waals surface area contributed by atoms with Crippen LogP contribution in [0.3, 0.4) is 0 Å². The minimum absolute atomic E-state index is 0.639. The van der Waals surface area contributed by atoms with Crippen molar-refractivity contribution in [3.63, 3.8) is 0 Å². The Morgan fingerprint density at radius 3 is 1.68 bits per heavy atom. The Bertz CT molecular complexity index is 3200. The Labute approximate surface area is 327 Å². The van der Waals surface area contributed by atoms with E-state index in [4.69, 9.17) is 15.0 Å². The summed E-state index contributed by atoms with van der Waals surface area (Å²) >= 11 is 1.86. The fourth-order valence-electron chi connectivity index (χ4n) is 8.03. The maximum absolute atomic E-state index is 5.03. The molecule has 5 heteroatoms. The van der Waals surface area contributed by atoms with Crippen LogP contribution in [0.2, 0.25) is 0 Å². The van der Waals surface area contributed by atoms with Crippen LogP contribution in [0.4, 0.5) is 0 Å². The zero-order valence-corrected chi connectivity index (χ0v) is 31.0. The molecule has 0 unspecified atom stereocenters. The van der Waals surface area contributed by atoms with Crippen molar-refractivity contribution in [3.05, 3.63) is 194 Å². The first-order chi connectivity index (χ1) is 27.7. The number of rotatable bonds is 6. The molecule has 0 amide bonds. The first kappa shape index (κ1) is 32.2. The predicted molar refractivity (Wildman–Crippen MR) is 234 cm³/mol. The summed E-state index contributed by atoms with van der Waals surface area (Å²) in [5, 5.41) is 5.05. The normalized spacial score (nSPS) is 11.6. The number of benzene rings is 8. The summed E-state index contributed by atoms with van der Waals surface area (Å²) in [5.41, 5.74) is 11.0. The van der Waals surface area contributed by atoms with E-state index in [9.17, 15) is 0 Å². The van der Waals surface area contributed by atoms with Crippen molar-refractivity contribution in [1.82, 2.24) is 19.5 Å². The molecule has 0 atom stereocenters. The zero-order valence-electron chi connectivity index (χ0n) is 30.2. The van der Waals surface area contributed by atoms with E-state index in [0.29, 0.717) is 17.5 Å². The van der Waals surface area contributed by atoms with Crippen LogP contribution in [0.25, 0.3) is 104 Å². The second-order valence-corrected chi connectivity index (χ2v) is 15.1. The SMILES string of the molecule is c1ccc(-c2nc(-c3ccccc3)nc(-c3cccc(-c4cccc5c4c4ccccc4n5-c4cccc(-c5ccc6c(c5)sc5ccccc56)c4)c3)n2)cc1. The van der Waals surface area contributed by atoms with Crippen LogP contribution in [0.1, 0.15) is 0 Å². The summed E-state index contributed by atoms with van der Waals surface area (Å²) in [6, 6.07) is 68.7. The summed E-state index contributed by atoms with van der Waals surface area (Å²) < 4.78 is 5.04. The number of aromatic nitrogens is 4. The highest BCUT2D eigenvalue weighted by atomic mass is 32.1. The van der Waals surface area contributed by atoms with Crippen molar-refractivity contribution in [1.29, 1.82) is 0 Å².